The third-order valence-electron chi connectivity index (χ3n) is 2.79. The van der Waals surface area contributed by atoms with Crippen LogP contribution in [0.1, 0.15) is 39.0 Å². The molecule has 0 aliphatic heterocycles. The maximum absolute atomic E-state index is 4.24. The minimum atomic E-state index is 1.04. The lowest BCUT2D eigenvalue weighted by Crippen LogP contribution is -2.33. The van der Waals surface area contributed by atoms with E-state index in [9.17, 15) is 0 Å². The number of unbranched alkanes of at least 4 members (excludes halogenated alkanes) is 3. The largest absolute Gasteiger partial charge is 0.308 e. The van der Waals surface area contributed by atoms with E-state index >= 15 is 0 Å². The zero-order chi connectivity index (χ0) is 12.2. The molecular formula is C13H30N2S. The van der Waals surface area contributed by atoms with Crippen molar-refractivity contribution in [2.75, 3.05) is 46.0 Å². The third-order valence-corrected chi connectivity index (χ3v) is 3.10. The van der Waals surface area contributed by atoms with Crippen LogP contribution in [0.5, 0.6) is 0 Å². The van der Waals surface area contributed by atoms with E-state index in [2.05, 4.69) is 43.4 Å². The van der Waals surface area contributed by atoms with Crippen molar-refractivity contribution in [3.8, 4) is 0 Å². The van der Waals surface area contributed by atoms with Crippen LogP contribution in [0, 0.1) is 0 Å². The molecule has 0 N–H and O–H groups in total. The normalized spacial score (nSPS) is 11.6. The van der Waals surface area contributed by atoms with Crippen molar-refractivity contribution in [1.82, 2.24) is 9.80 Å². The molecule has 0 fully saturated rings. The first kappa shape index (κ1) is 16.3. The van der Waals surface area contributed by atoms with Gasteiger partial charge in [-0.15, -0.1) is 0 Å². The summed E-state index contributed by atoms with van der Waals surface area (Å²) >= 11 is 4.24. The molecule has 0 aliphatic carbocycles. The maximum atomic E-state index is 4.24. The van der Waals surface area contributed by atoms with Crippen LogP contribution in [0.2, 0.25) is 0 Å². The third kappa shape index (κ3) is 10.8. The summed E-state index contributed by atoms with van der Waals surface area (Å²) in [6.45, 7) is 7.18. The van der Waals surface area contributed by atoms with Crippen molar-refractivity contribution in [2.24, 2.45) is 0 Å². The number of hydrogen-bond acceptors (Lipinski definition) is 3. The van der Waals surface area contributed by atoms with E-state index < -0.39 is 0 Å². The average molecular weight is 246 g/mol. The summed E-state index contributed by atoms with van der Waals surface area (Å²) in [6, 6.07) is 0. The molecule has 2 nitrogen and oxygen atoms in total. The lowest BCUT2D eigenvalue weighted by atomic mass is 10.2. The van der Waals surface area contributed by atoms with Gasteiger partial charge in [0.05, 0.1) is 0 Å². The first-order valence-electron chi connectivity index (χ1n) is 6.68. The smallest absolute Gasteiger partial charge is 0.0109 e. The molecular weight excluding hydrogens is 216 g/mol. The van der Waals surface area contributed by atoms with Crippen molar-refractivity contribution >= 4 is 12.6 Å². The maximum Gasteiger partial charge on any atom is 0.0109 e. The van der Waals surface area contributed by atoms with Gasteiger partial charge in [0.2, 0.25) is 0 Å². The number of nitrogens with zero attached hydrogens (tertiary/aromatic N) is 2. The van der Waals surface area contributed by atoms with Crippen LogP contribution in [-0.4, -0.2) is 55.8 Å². The van der Waals surface area contributed by atoms with Gasteiger partial charge in [0.15, 0.2) is 0 Å². The summed E-state index contributed by atoms with van der Waals surface area (Å²) in [7, 11) is 4.30. The van der Waals surface area contributed by atoms with Crippen LogP contribution in [0.25, 0.3) is 0 Å². The van der Waals surface area contributed by atoms with Gasteiger partial charge in [0.1, 0.15) is 0 Å². The Morgan fingerprint density at radius 1 is 0.812 bits per heavy atom. The fraction of sp³-hybridized carbons (Fsp3) is 1.00. The van der Waals surface area contributed by atoms with E-state index in [0.29, 0.717) is 0 Å². The molecule has 0 spiro atoms. The molecule has 16 heavy (non-hydrogen) atoms. The Kier molecular flexibility index (Phi) is 11.9. The summed E-state index contributed by atoms with van der Waals surface area (Å²) in [5.41, 5.74) is 0. The first-order chi connectivity index (χ1) is 7.70. The van der Waals surface area contributed by atoms with Gasteiger partial charge < -0.3 is 9.80 Å². The lowest BCUT2D eigenvalue weighted by molar-refractivity contribution is 0.236. The van der Waals surface area contributed by atoms with E-state index in [1.807, 2.05) is 0 Å². The van der Waals surface area contributed by atoms with Crippen molar-refractivity contribution in [2.45, 2.75) is 39.0 Å². The van der Waals surface area contributed by atoms with E-state index in [1.54, 1.807) is 0 Å². The molecule has 0 heterocycles. The summed E-state index contributed by atoms with van der Waals surface area (Å²) < 4.78 is 0. The molecule has 98 valence electrons. The Balaban J connectivity index is 3.51. The lowest BCUT2D eigenvalue weighted by Gasteiger charge is -2.23. The highest BCUT2D eigenvalue weighted by Crippen LogP contribution is 2.03. The fourth-order valence-electron chi connectivity index (χ4n) is 1.79. The van der Waals surface area contributed by atoms with Gasteiger partial charge in [-0.1, -0.05) is 19.8 Å². The highest BCUT2D eigenvalue weighted by atomic mass is 32.1. The van der Waals surface area contributed by atoms with Crippen molar-refractivity contribution in [3.05, 3.63) is 0 Å². The summed E-state index contributed by atoms with van der Waals surface area (Å²) in [5, 5.41) is 0. The minimum absolute atomic E-state index is 1.04. The van der Waals surface area contributed by atoms with E-state index in [1.165, 1.54) is 58.3 Å². The summed E-state index contributed by atoms with van der Waals surface area (Å²) in [6.07, 6.45) is 6.60. The van der Waals surface area contributed by atoms with Crippen LogP contribution in [0.4, 0.5) is 0 Å². The SMILES string of the molecule is CCCN(CCCCCCS)CCN(C)C. The monoisotopic (exact) mass is 246 g/mol. The van der Waals surface area contributed by atoms with Gasteiger partial charge in [-0.25, -0.2) is 0 Å². The molecule has 0 unspecified atom stereocenters. The standard InChI is InChI=1S/C13H30N2S/c1-4-9-15(12-11-14(2)3)10-7-5-6-8-13-16/h16H,4-13H2,1-3H3. The number of likely N-dealkylation sites (N-methyl/N-ethyl adjacent to an activating group) is 1. The first-order valence-corrected chi connectivity index (χ1v) is 7.32. The highest BCUT2D eigenvalue weighted by molar-refractivity contribution is 7.80. The second kappa shape index (κ2) is 11.7. The van der Waals surface area contributed by atoms with Crippen LogP contribution in [0.3, 0.4) is 0 Å². The quantitative estimate of drug-likeness (QED) is 0.442. The molecule has 0 aromatic carbocycles. The Hall–Kier alpha value is 0.270. The molecule has 0 aliphatic rings. The molecule has 0 saturated carbocycles. The van der Waals surface area contributed by atoms with Gasteiger partial charge >= 0.3 is 0 Å². The van der Waals surface area contributed by atoms with E-state index in [4.69, 9.17) is 0 Å². The predicted octanol–water partition coefficient (Wildman–Crippen LogP) is 2.75. The van der Waals surface area contributed by atoms with Crippen LogP contribution in [0.15, 0.2) is 0 Å². The Morgan fingerprint density at radius 2 is 1.50 bits per heavy atom. The van der Waals surface area contributed by atoms with Crippen molar-refractivity contribution < 1.29 is 0 Å². The molecule has 0 rings (SSSR count). The number of hydrogen-bond donors (Lipinski definition) is 1. The highest BCUT2D eigenvalue weighted by Gasteiger charge is 2.03. The Morgan fingerprint density at radius 3 is 2.06 bits per heavy atom. The van der Waals surface area contributed by atoms with Gasteiger partial charge in [0.25, 0.3) is 0 Å². The minimum Gasteiger partial charge on any atom is -0.308 e. The van der Waals surface area contributed by atoms with Crippen molar-refractivity contribution in [1.29, 1.82) is 0 Å². The number of rotatable bonds is 11. The molecule has 0 radical (unpaired) electrons. The van der Waals surface area contributed by atoms with Gasteiger partial charge in [-0.3, -0.25) is 0 Å². The van der Waals surface area contributed by atoms with E-state index in [0.717, 1.165) is 5.75 Å². The van der Waals surface area contributed by atoms with Crippen LogP contribution in [-0.2, 0) is 0 Å². The van der Waals surface area contributed by atoms with Crippen molar-refractivity contribution in [3.63, 3.8) is 0 Å². The Labute approximate surface area is 108 Å². The van der Waals surface area contributed by atoms with E-state index in [-0.39, 0.29) is 0 Å². The molecule has 0 bridgehead atoms. The molecule has 0 saturated heterocycles. The predicted molar refractivity (Wildman–Crippen MR) is 77.6 cm³/mol. The molecule has 3 heteroatoms. The van der Waals surface area contributed by atoms with Crippen LogP contribution >= 0.6 is 12.6 Å². The van der Waals surface area contributed by atoms with Gasteiger partial charge in [0, 0.05) is 13.1 Å². The molecule has 0 atom stereocenters. The second-order valence-electron chi connectivity index (χ2n) is 4.78. The zero-order valence-corrected chi connectivity index (χ0v) is 12.3. The molecule has 0 amide bonds. The van der Waals surface area contributed by atoms with Gasteiger partial charge in [-0.2, -0.15) is 12.6 Å². The van der Waals surface area contributed by atoms with Crippen LogP contribution < -0.4 is 0 Å². The fourth-order valence-corrected chi connectivity index (χ4v) is 2.02. The molecule has 0 aromatic heterocycles. The second-order valence-corrected chi connectivity index (χ2v) is 5.23. The Bertz CT molecular complexity index is 140. The number of thiol groups is 1. The zero-order valence-electron chi connectivity index (χ0n) is 11.4. The summed E-state index contributed by atoms with van der Waals surface area (Å²) in [5.74, 6) is 1.04. The summed E-state index contributed by atoms with van der Waals surface area (Å²) in [4.78, 5) is 4.87. The molecule has 0 aromatic rings. The average Bonchev–Trinajstić information content (AvgIpc) is 2.25. The topological polar surface area (TPSA) is 6.48 Å². The van der Waals surface area contributed by atoms with Gasteiger partial charge in [-0.05, 0) is 52.2 Å².